The van der Waals surface area contributed by atoms with Gasteiger partial charge in [0.05, 0.1) is 6.07 Å². The zero-order valence-electron chi connectivity index (χ0n) is 10.0. The zero-order chi connectivity index (χ0) is 12.5. The van der Waals surface area contributed by atoms with E-state index in [0.717, 1.165) is 29.8 Å². The largest absolute Gasteiger partial charge is 0.493 e. The molecule has 1 saturated carbocycles. The standard InChI is InChI=1S/C12H15N3O2S/c16-9-7-11(17)15-12(13-9)18-10(14-15)6-5-8-3-1-2-4-8/h7-8,16H,1-6H2. The number of hydrogen-bond donors (Lipinski definition) is 1. The number of rotatable bonds is 3. The summed E-state index contributed by atoms with van der Waals surface area (Å²) < 4.78 is 1.27. The Labute approximate surface area is 108 Å². The van der Waals surface area contributed by atoms with E-state index in [2.05, 4.69) is 10.1 Å². The summed E-state index contributed by atoms with van der Waals surface area (Å²) in [4.78, 5) is 16.0. The average molecular weight is 265 g/mol. The fourth-order valence-electron chi connectivity index (χ4n) is 2.57. The third-order valence-electron chi connectivity index (χ3n) is 3.51. The molecule has 2 aromatic heterocycles. The normalized spacial score (nSPS) is 16.7. The first kappa shape index (κ1) is 11.6. The molecule has 1 fully saturated rings. The molecule has 0 radical (unpaired) electrons. The Morgan fingerprint density at radius 1 is 1.44 bits per heavy atom. The van der Waals surface area contributed by atoms with E-state index in [0.29, 0.717) is 4.96 Å². The lowest BCUT2D eigenvalue weighted by atomic mass is 10.0. The fraction of sp³-hybridized carbons (Fsp3) is 0.583. The van der Waals surface area contributed by atoms with Crippen LogP contribution in [-0.2, 0) is 6.42 Å². The summed E-state index contributed by atoms with van der Waals surface area (Å²) in [6, 6.07) is 1.09. The molecule has 6 heteroatoms. The Morgan fingerprint density at radius 3 is 3.00 bits per heavy atom. The number of aromatic hydroxyl groups is 1. The van der Waals surface area contributed by atoms with E-state index in [9.17, 15) is 9.90 Å². The van der Waals surface area contributed by atoms with Crippen LogP contribution in [0.1, 0.15) is 37.1 Å². The predicted molar refractivity (Wildman–Crippen MR) is 69.1 cm³/mol. The number of hydrogen-bond acceptors (Lipinski definition) is 5. The van der Waals surface area contributed by atoms with Crippen molar-refractivity contribution in [1.82, 2.24) is 14.6 Å². The quantitative estimate of drug-likeness (QED) is 0.921. The van der Waals surface area contributed by atoms with Gasteiger partial charge in [0.1, 0.15) is 5.01 Å². The van der Waals surface area contributed by atoms with Gasteiger partial charge in [-0.15, -0.1) is 0 Å². The smallest absolute Gasteiger partial charge is 0.278 e. The summed E-state index contributed by atoms with van der Waals surface area (Å²) in [6.45, 7) is 0. The van der Waals surface area contributed by atoms with Crippen LogP contribution in [0.4, 0.5) is 0 Å². The van der Waals surface area contributed by atoms with Gasteiger partial charge in [-0.3, -0.25) is 4.79 Å². The lowest BCUT2D eigenvalue weighted by molar-refractivity contribution is 0.452. The highest BCUT2D eigenvalue weighted by atomic mass is 32.1. The number of fused-ring (bicyclic) bond motifs is 1. The van der Waals surface area contributed by atoms with Gasteiger partial charge in [0.25, 0.3) is 5.56 Å². The Balaban J connectivity index is 1.80. The van der Waals surface area contributed by atoms with Crippen molar-refractivity contribution in [3.63, 3.8) is 0 Å². The third kappa shape index (κ3) is 2.25. The van der Waals surface area contributed by atoms with E-state index in [1.54, 1.807) is 0 Å². The molecule has 0 aliphatic heterocycles. The van der Waals surface area contributed by atoms with Gasteiger partial charge < -0.3 is 5.11 Å². The van der Waals surface area contributed by atoms with Gasteiger partial charge in [0.15, 0.2) is 0 Å². The van der Waals surface area contributed by atoms with Gasteiger partial charge in [-0.25, -0.2) is 0 Å². The lowest BCUT2D eigenvalue weighted by Gasteiger charge is -2.05. The topological polar surface area (TPSA) is 67.5 Å². The summed E-state index contributed by atoms with van der Waals surface area (Å²) in [5.41, 5.74) is -0.319. The summed E-state index contributed by atoms with van der Waals surface area (Å²) in [6.07, 6.45) is 7.38. The second-order valence-corrected chi connectivity index (χ2v) is 5.87. The molecule has 0 atom stereocenters. The Hall–Kier alpha value is -1.43. The van der Waals surface area contributed by atoms with Crippen molar-refractivity contribution in [2.75, 3.05) is 0 Å². The summed E-state index contributed by atoms with van der Waals surface area (Å²) >= 11 is 1.39. The molecule has 0 unspecified atom stereocenters. The third-order valence-corrected chi connectivity index (χ3v) is 4.48. The molecule has 96 valence electrons. The van der Waals surface area contributed by atoms with E-state index in [4.69, 9.17) is 0 Å². The van der Waals surface area contributed by atoms with E-state index in [1.165, 1.54) is 41.5 Å². The molecule has 0 aromatic carbocycles. The molecular formula is C12H15N3O2S. The van der Waals surface area contributed by atoms with Crippen molar-refractivity contribution in [3.8, 4) is 5.88 Å². The van der Waals surface area contributed by atoms with E-state index < -0.39 is 0 Å². The molecule has 0 spiro atoms. The van der Waals surface area contributed by atoms with Gasteiger partial charge in [0.2, 0.25) is 10.8 Å². The van der Waals surface area contributed by atoms with Crippen LogP contribution in [0.25, 0.3) is 4.96 Å². The molecule has 0 saturated heterocycles. The van der Waals surface area contributed by atoms with Gasteiger partial charge in [-0.1, -0.05) is 37.0 Å². The summed E-state index contributed by atoms with van der Waals surface area (Å²) in [5, 5.41) is 14.5. The van der Waals surface area contributed by atoms with Crippen LogP contribution in [0.5, 0.6) is 5.88 Å². The molecule has 1 aliphatic carbocycles. The van der Waals surface area contributed by atoms with Crippen LogP contribution in [0.3, 0.4) is 0 Å². The van der Waals surface area contributed by atoms with Crippen molar-refractivity contribution in [3.05, 3.63) is 21.4 Å². The Kier molecular flexibility index (Phi) is 3.03. The molecule has 18 heavy (non-hydrogen) atoms. The molecule has 0 amide bonds. The van der Waals surface area contributed by atoms with Crippen LogP contribution >= 0.6 is 11.3 Å². The van der Waals surface area contributed by atoms with E-state index >= 15 is 0 Å². The maximum Gasteiger partial charge on any atom is 0.278 e. The van der Waals surface area contributed by atoms with Crippen molar-refractivity contribution < 1.29 is 5.11 Å². The molecule has 2 heterocycles. The van der Waals surface area contributed by atoms with Gasteiger partial charge in [-0.2, -0.15) is 14.6 Å². The van der Waals surface area contributed by atoms with Crippen LogP contribution < -0.4 is 5.56 Å². The zero-order valence-corrected chi connectivity index (χ0v) is 10.8. The minimum atomic E-state index is -0.319. The van der Waals surface area contributed by atoms with Gasteiger partial charge >= 0.3 is 0 Å². The van der Waals surface area contributed by atoms with E-state index in [1.807, 2.05) is 0 Å². The predicted octanol–water partition coefficient (Wildman–Crippen LogP) is 1.98. The first-order chi connectivity index (χ1) is 8.72. The summed E-state index contributed by atoms with van der Waals surface area (Å²) in [7, 11) is 0. The molecule has 0 bridgehead atoms. The highest BCUT2D eigenvalue weighted by molar-refractivity contribution is 7.16. The molecule has 1 N–H and O–H groups in total. The first-order valence-electron chi connectivity index (χ1n) is 6.31. The Bertz CT molecular complexity index is 613. The van der Waals surface area contributed by atoms with Crippen LogP contribution in [0.15, 0.2) is 10.9 Å². The molecule has 5 nitrogen and oxygen atoms in total. The van der Waals surface area contributed by atoms with Gasteiger partial charge in [-0.05, 0) is 12.3 Å². The average Bonchev–Trinajstić information content (AvgIpc) is 2.93. The van der Waals surface area contributed by atoms with E-state index in [-0.39, 0.29) is 11.4 Å². The minimum Gasteiger partial charge on any atom is -0.493 e. The maximum absolute atomic E-state index is 11.6. The second kappa shape index (κ2) is 4.68. The molecule has 2 aromatic rings. The fourth-order valence-corrected chi connectivity index (χ4v) is 3.48. The number of nitrogens with zero attached hydrogens (tertiary/aromatic N) is 3. The number of aromatic nitrogens is 3. The number of aryl methyl sites for hydroxylation is 1. The maximum atomic E-state index is 11.6. The Morgan fingerprint density at radius 2 is 2.22 bits per heavy atom. The van der Waals surface area contributed by atoms with Crippen molar-refractivity contribution in [1.29, 1.82) is 0 Å². The lowest BCUT2D eigenvalue weighted by Crippen LogP contribution is -2.13. The molecule has 1 aliphatic rings. The minimum absolute atomic E-state index is 0.231. The monoisotopic (exact) mass is 265 g/mol. The van der Waals surface area contributed by atoms with Crippen LogP contribution in [0, 0.1) is 5.92 Å². The summed E-state index contributed by atoms with van der Waals surface area (Å²) in [5.74, 6) is 0.584. The molecular weight excluding hydrogens is 250 g/mol. The SMILES string of the molecule is O=c1cc(O)nc2sc(CCC3CCCC3)nn12. The van der Waals surface area contributed by atoms with Crippen molar-refractivity contribution in [2.45, 2.75) is 38.5 Å². The van der Waals surface area contributed by atoms with Gasteiger partial charge in [0, 0.05) is 6.42 Å². The highest BCUT2D eigenvalue weighted by Gasteiger charge is 2.16. The molecule has 3 rings (SSSR count). The highest BCUT2D eigenvalue weighted by Crippen LogP contribution is 2.29. The van der Waals surface area contributed by atoms with Crippen molar-refractivity contribution >= 4 is 16.3 Å². The van der Waals surface area contributed by atoms with Crippen molar-refractivity contribution in [2.24, 2.45) is 5.92 Å². The first-order valence-corrected chi connectivity index (χ1v) is 7.13. The van der Waals surface area contributed by atoms with Crippen LogP contribution in [-0.4, -0.2) is 19.7 Å². The second-order valence-electron chi connectivity index (χ2n) is 4.83. The van der Waals surface area contributed by atoms with Crippen LogP contribution in [0.2, 0.25) is 0 Å².